The number of fused-ring (bicyclic) bond motifs is 1. The van der Waals surface area contributed by atoms with Crippen LogP contribution in [-0.4, -0.2) is 60.4 Å². The predicted octanol–water partition coefficient (Wildman–Crippen LogP) is 5.66. The first-order valence-electron chi connectivity index (χ1n) is 14.2. The van der Waals surface area contributed by atoms with Gasteiger partial charge in [-0.05, 0) is 32.1 Å². The highest BCUT2D eigenvalue weighted by Gasteiger charge is 2.54. The molecule has 4 atom stereocenters. The van der Waals surface area contributed by atoms with Crippen molar-refractivity contribution in [1.29, 1.82) is 0 Å². The monoisotopic (exact) mass is 628 g/mol. The van der Waals surface area contributed by atoms with Crippen LogP contribution in [-0.2, 0) is 16.0 Å². The molecule has 4 N–H and O–H groups in total. The number of nitrogens with two attached hydrogens (primary N) is 1. The molecule has 1 fully saturated rings. The van der Waals surface area contributed by atoms with E-state index in [1.165, 1.54) is 0 Å². The molecule has 4 aliphatic rings. The van der Waals surface area contributed by atoms with Crippen molar-refractivity contribution in [3.8, 4) is 5.75 Å². The van der Waals surface area contributed by atoms with E-state index >= 15 is 8.78 Å². The molecule has 3 aliphatic carbocycles. The molecule has 1 aliphatic heterocycles. The molecule has 1 heterocycles. The molecule has 234 valence electrons. The van der Waals surface area contributed by atoms with Crippen LogP contribution in [0.15, 0.2) is 48.1 Å². The molecule has 3 unspecified atom stereocenters. The number of alkyl halides is 4. The summed E-state index contributed by atoms with van der Waals surface area (Å²) in [6.45, 7) is -1.91. The summed E-state index contributed by atoms with van der Waals surface area (Å²) < 4.78 is 81.9. The number of hydrogen-bond acceptors (Lipinski definition) is 5. The fourth-order valence-electron chi connectivity index (χ4n) is 6.62. The molecule has 1 aromatic carbocycles. The number of benzene rings is 1. The number of aliphatic hydroxyl groups is 1. The van der Waals surface area contributed by atoms with Crippen LogP contribution in [0.3, 0.4) is 0 Å². The second-order valence-electron chi connectivity index (χ2n) is 12.0. The number of ether oxygens (including phenoxy) is 2. The highest BCUT2D eigenvalue weighted by Crippen LogP contribution is 2.53. The minimum atomic E-state index is -3.31. The third kappa shape index (κ3) is 5.89. The van der Waals surface area contributed by atoms with Crippen molar-refractivity contribution in [2.75, 3.05) is 13.2 Å². The molecule has 0 saturated heterocycles. The topological polar surface area (TPSA) is 93.8 Å². The van der Waals surface area contributed by atoms with E-state index in [1.807, 2.05) is 31.2 Å². The first kappa shape index (κ1) is 31.7. The molecule has 1 saturated carbocycles. The Labute approximate surface area is 251 Å². The number of rotatable bonds is 9. The van der Waals surface area contributed by atoms with Crippen LogP contribution in [0.4, 0.5) is 22.0 Å². The van der Waals surface area contributed by atoms with Crippen molar-refractivity contribution < 1.29 is 41.3 Å². The van der Waals surface area contributed by atoms with Gasteiger partial charge in [0, 0.05) is 52.8 Å². The Morgan fingerprint density at radius 2 is 2.02 bits per heavy atom. The van der Waals surface area contributed by atoms with Crippen molar-refractivity contribution in [3.05, 3.63) is 70.1 Å². The lowest BCUT2D eigenvalue weighted by Crippen LogP contribution is -2.58. The van der Waals surface area contributed by atoms with Crippen molar-refractivity contribution >= 4 is 23.1 Å². The third-order valence-corrected chi connectivity index (χ3v) is 9.66. The second kappa shape index (κ2) is 12.0. The maximum atomic E-state index is 16.0. The summed E-state index contributed by atoms with van der Waals surface area (Å²) in [5.74, 6) is -1.93. The molecule has 1 amide bonds. The summed E-state index contributed by atoms with van der Waals surface area (Å²) in [5, 5.41) is 13.3. The van der Waals surface area contributed by atoms with Crippen LogP contribution in [0, 0.1) is 11.2 Å². The van der Waals surface area contributed by atoms with E-state index in [4.69, 9.17) is 22.1 Å². The smallest absolute Gasteiger partial charge is 0.345 e. The van der Waals surface area contributed by atoms with E-state index in [-0.39, 0.29) is 48.7 Å². The number of nitrogens with one attached hydrogen (secondary N) is 1. The Hall–Kier alpha value is -2.73. The maximum absolute atomic E-state index is 16.0. The summed E-state index contributed by atoms with van der Waals surface area (Å²) in [4.78, 5) is 12.4. The van der Waals surface area contributed by atoms with Gasteiger partial charge in [0.2, 0.25) is 5.91 Å². The zero-order valence-corrected chi connectivity index (χ0v) is 24.3. The van der Waals surface area contributed by atoms with Gasteiger partial charge in [-0.25, -0.2) is 13.2 Å². The molecule has 1 aromatic rings. The lowest BCUT2D eigenvalue weighted by Gasteiger charge is -2.46. The lowest BCUT2D eigenvalue weighted by molar-refractivity contribution is -0.159. The number of allylic oxidation sites excluding steroid dienone is 3. The summed E-state index contributed by atoms with van der Waals surface area (Å²) in [7, 11) is 0. The Balaban J connectivity index is 1.56. The Morgan fingerprint density at radius 1 is 1.30 bits per heavy atom. The molecule has 0 aromatic heterocycles. The minimum absolute atomic E-state index is 0.0577. The summed E-state index contributed by atoms with van der Waals surface area (Å²) in [5.41, 5.74) is 1.80. The fourth-order valence-corrected chi connectivity index (χ4v) is 6.89. The quantitative estimate of drug-likeness (QED) is 0.307. The lowest BCUT2D eigenvalue weighted by atomic mass is 9.66. The van der Waals surface area contributed by atoms with Crippen molar-refractivity contribution in [1.82, 2.24) is 5.32 Å². The minimum Gasteiger partial charge on any atom is -0.484 e. The number of carbonyl (C=O) groups excluding carboxylic acids is 1. The Bertz CT molecular complexity index is 1390. The normalized spacial score (nSPS) is 33.7. The third-order valence-electron chi connectivity index (χ3n) is 9.29. The predicted molar refractivity (Wildman–Crippen MR) is 152 cm³/mol. The van der Waals surface area contributed by atoms with Crippen LogP contribution in [0.1, 0.15) is 50.2 Å². The molecule has 0 bridgehead atoms. The van der Waals surface area contributed by atoms with Gasteiger partial charge in [0.05, 0.1) is 10.6 Å². The van der Waals surface area contributed by atoms with Crippen molar-refractivity contribution in [3.63, 3.8) is 0 Å². The van der Waals surface area contributed by atoms with Gasteiger partial charge in [-0.3, -0.25) is 4.79 Å². The van der Waals surface area contributed by atoms with Gasteiger partial charge in [-0.1, -0.05) is 55.0 Å². The van der Waals surface area contributed by atoms with E-state index in [2.05, 4.69) is 10.1 Å². The Morgan fingerprint density at radius 3 is 2.63 bits per heavy atom. The van der Waals surface area contributed by atoms with Gasteiger partial charge in [0.1, 0.15) is 29.9 Å². The first-order chi connectivity index (χ1) is 20.3. The number of amides is 1. The van der Waals surface area contributed by atoms with Crippen LogP contribution in [0.5, 0.6) is 5.75 Å². The van der Waals surface area contributed by atoms with Gasteiger partial charge in [-0.2, -0.15) is 8.78 Å². The average Bonchev–Trinajstić information content (AvgIpc) is 3.34. The number of carbonyl (C=O) groups is 1. The first-order valence-corrected chi connectivity index (χ1v) is 14.6. The molecule has 5 rings (SSSR count). The van der Waals surface area contributed by atoms with E-state index in [0.717, 1.165) is 18.2 Å². The zero-order valence-electron chi connectivity index (χ0n) is 23.5. The molecular weight excluding hydrogens is 595 g/mol. The standard InChI is InChI=1S/C31H34ClF5N2O4/c1-29(9-3-2-4-10-29)31(16-39-17-7-11-30(41,15-33)12-8-17)14-19-22(43-31)13-20(34)25(32)23(19)24-18(27(38)40)5-6-21(26(24)35)42-28(36)37/h2-6,9,13,17,21,26,28,39,41H,7-8,10-12,14-16H2,1H3,(H2,38,40)/t17?,21?,26?,29?,30?,31-/m1/s1. The maximum Gasteiger partial charge on any atom is 0.345 e. The number of hydrogen-bond donors (Lipinski definition) is 3. The number of halogens is 6. The van der Waals surface area contributed by atoms with E-state index in [9.17, 15) is 23.1 Å². The van der Waals surface area contributed by atoms with Crippen molar-refractivity contribution in [2.24, 2.45) is 11.1 Å². The SMILES string of the molecule is CC1([C@]2(CNC3CCC(O)(CF)CC3)Cc3c(cc(F)c(Cl)c3C3=C(C(N)=O)C=CC(OC(F)F)C3F)O2)C=CC=CC1. The molecule has 0 spiro atoms. The van der Waals surface area contributed by atoms with Crippen LogP contribution >= 0.6 is 11.6 Å². The summed E-state index contributed by atoms with van der Waals surface area (Å²) in [6.07, 6.45) is 7.92. The molecule has 12 heteroatoms. The molecule has 6 nitrogen and oxygen atoms in total. The van der Waals surface area contributed by atoms with Gasteiger partial charge in [0.25, 0.3) is 0 Å². The van der Waals surface area contributed by atoms with Gasteiger partial charge < -0.3 is 25.6 Å². The average molecular weight is 629 g/mol. The molecule has 43 heavy (non-hydrogen) atoms. The summed E-state index contributed by atoms with van der Waals surface area (Å²) in [6, 6.07) is 1.04. The highest BCUT2D eigenvalue weighted by atomic mass is 35.5. The van der Waals surface area contributed by atoms with Gasteiger partial charge in [0.15, 0.2) is 6.17 Å². The van der Waals surface area contributed by atoms with Crippen LogP contribution in [0.2, 0.25) is 5.02 Å². The van der Waals surface area contributed by atoms with E-state index in [1.54, 1.807) is 0 Å². The fraction of sp³-hybridized carbons (Fsp3) is 0.516. The van der Waals surface area contributed by atoms with Gasteiger partial charge >= 0.3 is 6.61 Å². The van der Waals surface area contributed by atoms with E-state index < -0.39 is 64.5 Å². The highest BCUT2D eigenvalue weighted by molar-refractivity contribution is 6.33. The molecule has 0 radical (unpaired) electrons. The largest absolute Gasteiger partial charge is 0.484 e. The summed E-state index contributed by atoms with van der Waals surface area (Å²) >= 11 is 6.46. The number of primary amides is 1. The van der Waals surface area contributed by atoms with Gasteiger partial charge in [-0.15, -0.1) is 0 Å². The Kier molecular flexibility index (Phi) is 8.83. The van der Waals surface area contributed by atoms with Crippen LogP contribution < -0.4 is 15.8 Å². The zero-order chi connectivity index (χ0) is 31.2. The van der Waals surface area contributed by atoms with E-state index in [0.29, 0.717) is 24.8 Å². The second-order valence-corrected chi connectivity index (χ2v) is 12.4. The molecular formula is C31H34ClF5N2O4. The van der Waals surface area contributed by atoms with Crippen molar-refractivity contribution in [2.45, 2.75) is 81.6 Å². The van der Waals surface area contributed by atoms with Crippen LogP contribution in [0.25, 0.3) is 5.57 Å².